The number of cyclic esters (lactones) is 1. The number of likely N-dealkylation sites (N-methyl/N-ethyl adjacent to an activating group) is 1. The molecule has 0 amide bonds. The van der Waals surface area contributed by atoms with E-state index in [0.29, 0.717) is 32.2 Å². The summed E-state index contributed by atoms with van der Waals surface area (Å²) in [5.74, 6) is -2.02. The van der Waals surface area contributed by atoms with Crippen molar-refractivity contribution < 1.29 is 48.5 Å². The largest absolute Gasteiger partial charge is 0.459 e. The zero-order valence-electron chi connectivity index (χ0n) is 32.9. The van der Waals surface area contributed by atoms with Crippen LogP contribution in [-0.2, 0) is 33.2 Å². The van der Waals surface area contributed by atoms with Gasteiger partial charge in [0.05, 0.1) is 41.5 Å². The first kappa shape index (κ1) is 44.2. The molecule has 0 spiro atoms. The molecular formula is C37H69IN2O10. The topological polar surface area (TPSA) is 140 Å². The van der Waals surface area contributed by atoms with Gasteiger partial charge in [0.2, 0.25) is 0 Å². The highest BCUT2D eigenvalue weighted by atomic mass is 127. The smallest absolute Gasteiger partial charge is 0.311 e. The van der Waals surface area contributed by atoms with Crippen LogP contribution in [0.4, 0.5) is 0 Å². The molecule has 0 aromatic heterocycles. The van der Waals surface area contributed by atoms with Crippen LogP contribution in [0.25, 0.3) is 0 Å². The van der Waals surface area contributed by atoms with Crippen LogP contribution in [0.5, 0.6) is 0 Å². The maximum absolute atomic E-state index is 14.2. The summed E-state index contributed by atoms with van der Waals surface area (Å²) in [6, 6.07) is -0.251. The molecule has 0 aromatic rings. The summed E-state index contributed by atoms with van der Waals surface area (Å²) in [5.41, 5.74) is -3.63. The van der Waals surface area contributed by atoms with Crippen molar-refractivity contribution in [3.05, 3.63) is 0 Å². The molecule has 0 aromatic carbocycles. The molecule has 2 unspecified atom stereocenters. The summed E-state index contributed by atoms with van der Waals surface area (Å²) in [4.78, 5) is 18.3. The van der Waals surface area contributed by atoms with Gasteiger partial charge in [0.25, 0.3) is 0 Å². The highest BCUT2D eigenvalue weighted by molar-refractivity contribution is 14.1. The van der Waals surface area contributed by atoms with Gasteiger partial charge in [-0.2, -0.15) is 0 Å². The molecule has 3 saturated heterocycles. The van der Waals surface area contributed by atoms with Gasteiger partial charge in [0.15, 0.2) is 12.6 Å². The maximum atomic E-state index is 14.2. The van der Waals surface area contributed by atoms with Crippen molar-refractivity contribution in [2.24, 2.45) is 11.8 Å². The Morgan fingerprint density at radius 3 is 2.16 bits per heavy atom. The molecule has 50 heavy (non-hydrogen) atoms. The van der Waals surface area contributed by atoms with Crippen LogP contribution in [0.2, 0.25) is 0 Å². The Kier molecular flexibility index (Phi) is 15.9. The van der Waals surface area contributed by atoms with Gasteiger partial charge in [-0.05, 0) is 88.9 Å². The summed E-state index contributed by atoms with van der Waals surface area (Å²) in [7, 11) is 7.66. The van der Waals surface area contributed by atoms with Crippen LogP contribution in [0, 0.1) is 11.8 Å². The zero-order valence-corrected chi connectivity index (χ0v) is 35.1. The molecule has 0 radical (unpaired) electrons. The summed E-state index contributed by atoms with van der Waals surface area (Å²) in [6.45, 7) is 17.2. The molecule has 16 atom stereocenters. The first-order chi connectivity index (χ1) is 23.0. The Hall–Kier alpha value is -0.200. The van der Waals surface area contributed by atoms with Gasteiger partial charge in [-0.3, -0.25) is 9.69 Å². The lowest BCUT2D eigenvalue weighted by atomic mass is 9.79. The minimum atomic E-state index is -1.74. The highest BCUT2D eigenvalue weighted by Crippen LogP contribution is 2.40. The van der Waals surface area contributed by atoms with Crippen LogP contribution in [0.3, 0.4) is 0 Å². The fraction of sp³-hybridized carbons (Fsp3) is 0.973. The number of nitrogens with zero attached hydrogens (tertiary/aromatic N) is 2. The highest BCUT2D eigenvalue weighted by Gasteiger charge is 2.50. The van der Waals surface area contributed by atoms with E-state index in [1.54, 1.807) is 21.0 Å². The van der Waals surface area contributed by atoms with E-state index in [4.69, 9.17) is 28.4 Å². The number of methoxy groups -OCH3 is 1. The number of alkyl halides is 1. The van der Waals surface area contributed by atoms with Crippen LogP contribution < -0.4 is 0 Å². The third-order valence-corrected chi connectivity index (χ3v) is 12.4. The number of aliphatic hydroxyl groups excluding tert-OH is 1. The summed E-state index contributed by atoms with van der Waals surface area (Å²) in [6.07, 6.45) is -2.15. The Balaban J connectivity index is 2.13. The van der Waals surface area contributed by atoms with Gasteiger partial charge in [0.1, 0.15) is 17.8 Å². The Labute approximate surface area is 315 Å². The van der Waals surface area contributed by atoms with Crippen molar-refractivity contribution >= 4 is 28.6 Å². The van der Waals surface area contributed by atoms with Crippen molar-refractivity contribution in [3.8, 4) is 0 Å². The molecular weight excluding hydrogens is 759 g/mol. The lowest BCUT2D eigenvalue weighted by molar-refractivity contribution is -0.291. The lowest BCUT2D eigenvalue weighted by Crippen LogP contribution is -2.59. The number of aliphatic hydroxyl groups is 3. The molecule has 3 heterocycles. The maximum Gasteiger partial charge on any atom is 0.311 e. The predicted octanol–water partition coefficient (Wildman–Crippen LogP) is 4.13. The van der Waals surface area contributed by atoms with Crippen molar-refractivity contribution in [2.45, 2.75) is 183 Å². The number of ether oxygens (including phenoxy) is 6. The average Bonchev–Trinajstić information content (AvgIpc) is 3.01. The SMILES string of the molecule is CC[C@H]1OC(=O)C(C)[C@@H](O[C@H]2C[C@@](C)(OC)C[C@H](C)O2)[C@H](C)[C@@H](O[C@H]2CC(N(C)C)C[C@@H](C)O2)[C@](C)(O)C[C@@H](I)CN(C)[C@H](C)[C@@H](O)[C@]1(C)O. The van der Waals surface area contributed by atoms with Crippen molar-refractivity contribution in [3.63, 3.8) is 0 Å². The molecule has 0 aliphatic carbocycles. The van der Waals surface area contributed by atoms with E-state index in [-0.39, 0.29) is 28.6 Å². The first-order valence-corrected chi connectivity index (χ1v) is 19.8. The van der Waals surface area contributed by atoms with E-state index in [1.807, 2.05) is 53.5 Å². The van der Waals surface area contributed by atoms with Crippen molar-refractivity contribution in [1.29, 1.82) is 0 Å². The Bertz CT molecular complexity index is 1080. The van der Waals surface area contributed by atoms with E-state index in [9.17, 15) is 20.1 Å². The van der Waals surface area contributed by atoms with E-state index >= 15 is 0 Å². The number of rotatable bonds is 7. The standard InChI is InChI=1S/C37H69IN2O10/c1-14-28-37(9,44)32(41)25(6)40(12)20-26(38)18-36(8,43)33(50-29-16-27(39(10)11)15-21(2)46-29)23(4)31(24(5)34(42)48-28)49-30-19-35(7,45-13)17-22(3)47-30/h21-33,41,43-44H,14-20H2,1-13H3/t21-,22+,23+,24?,25-,26-,27?,28-,29+,30+,31+,32-,33-,35+,36-,37-/m1/s1. The van der Waals surface area contributed by atoms with Crippen LogP contribution in [0.1, 0.15) is 101 Å². The third kappa shape index (κ3) is 10.9. The second-order valence-electron chi connectivity index (χ2n) is 16.6. The van der Waals surface area contributed by atoms with Gasteiger partial charge in [-0.1, -0.05) is 36.4 Å². The van der Waals surface area contributed by atoms with Crippen LogP contribution in [0.15, 0.2) is 0 Å². The van der Waals surface area contributed by atoms with Crippen molar-refractivity contribution in [1.82, 2.24) is 9.80 Å². The van der Waals surface area contributed by atoms with Gasteiger partial charge in [-0.25, -0.2) is 0 Å². The van der Waals surface area contributed by atoms with Gasteiger partial charge in [-0.15, -0.1) is 0 Å². The molecule has 13 heteroatoms. The predicted molar refractivity (Wildman–Crippen MR) is 200 cm³/mol. The number of halogens is 1. The molecule has 3 fully saturated rings. The molecule has 3 aliphatic rings. The van der Waals surface area contributed by atoms with E-state index in [1.165, 1.54) is 6.92 Å². The number of hydrogen-bond acceptors (Lipinski definition) is 12. The third-order valence-electron chi connectivity index (χ3n) is 11.6. The van der Waals surface area contributed by atoms with Crippen LogP contribution in [-0.4, -0.2) is 148 Å². The Morgan fingerprint density at radius 1 is 0.960 bits per heavy atom. The monoisotopic (exact) mass is 828 g/mol. The number of hydrogen-bond donors (Lipinski definition) is 3. The van der Waals surface area contributed by atoms with E-state index in [0.717, 1.165) is 6.42 Å². The minimum absolute atomic E-state index is 0.0499. The minimum Gasteiger partial charge on any atom is -0.459 e. The van der Waals surface area contributed by atoms with Gasteiger partial charge < -0.3 is 48.6 Å². The summed E-state index contributed by atoms with van der Waals surface area (Å²) in [5, 5.41) is 35.7. The molecule has 3 aliphatic heterocycles. The number of carbonyl (C=O) groups excluding carboxylic acids is 1. The zero-order chi connectivity index (χ0) is 37.9. The average molecular weight is 829 g/mol. The second-order valence-corrected chi connectivity index (χ2v) is 18.3. The van der Waals surface area contributed by atoms with Crippen molar-refractivity contribution in [2.75, 3.05) is 34.8 Å². The first-order valence-electron chi connectivity index (χ1n) is 18.6. The molecule has 12 nitrogen and oxygen atoms in total. The summed E-state index contributed by atoms with van der Waals surface area (Å²) >= 11 is 2.34. The van der Waals surface area contributed by atoms with E-state index < -0.39 is 77.6 Å². The Morgan fingerprint density at radius 2 is 1.58 bits per heavy atom. The molecule has 294 valence electrons. The fourth-order valence-electron chi connectivity index (χ4n) is 8.30. The van der Waals surface area contributed by atoms with E-state index in [2.05, 4.69) is 41.6 Å². The molecule has 3 N–H and O–H groups in total. The molecule has 0 saturated carbocycles. The van der Waals surface area contributed by atoms with Gasteiger partial charge in [0, 0.05) is 54.8 Å². The summed E-state index contributed by atoms with van der Waals surface area (Å²) < 4.78 is 38.2. The second kappa shape index (κ2) is 18.0. The van der Waals surface area contributed by atoms with Crippen LogP contribution >= 0.6 is 22.6 Å². The lowest BCUT2D eigenvalue weighted by Gasteiger charge is -2.47. The quantitative estimate of drug-likeness (QED) is 0.193. The molecule has 3 rings (SSSR count). The number of esters is 1. The van der Waals surface area contributed by atoms with Gasteiger partial charge >= 0.3 is 5.97 Å². The number of carbonyl (C=O) groups is 1. The molecule has 0 bridgehead atoms. The normalized spacial score (nSPS) is 48.1. The fourth-order valence-corrected chi connectivity index (χ4v) is 9.81.